The highest BCUT2D eigenvalue weighted by Gasteiger charge is 2.44. The van der Waals surface area contributed by atoms with Crippen LogP contribution in [0.1, 0.15) is 30.9 Å². The van der Waals surface area contributed by atoms with Crippen LogP contribution in [0.4, 0.5) is 0 Å². The van der Waals surface area contributed by atoms with Gasteiger partial charge in [-0.3, -0.25) is 15.1 Å². The number of hydrogen-bond donors (Lipinski definition) is 0. The van der Waals surface area contributed by atoms with Gasteiger partial charge in [-0.05, 0) is 26.3 Å². The number of benzene rings is 1. The van der Waals surface area contributed by atoms with Crippen molar-refractivity contribution in [3.63, 3.8) is 0 Å². The predicted octanol–water partition coefficient (Wildman–Crippen LogP) is 2.65. The fraction of sp³-hybridized carbons (Fsp3) is 0.375. The molecule has 0 amide bonds. The smallest absolute Gasteiger partial charge is 0.336 e. The molecule has 6 heteroatoms. The molecule has 1 aliphatic rings. The standard InChI is InChI=1S/C16H18N2O4/c1-9-6-5-7-12(8-9)14-13(16(19)22-4)10(2)17-11(3)15(14)18(20)21/h5-8,14-15H,1-4H3. The van der Waals surface area contributed by atoms with Crippen molar-refractivity contribution in [2.24, 2.45) is 4.99 Å². The van der Waals surface area contributed by atoms with Gasteiger partial charge >= 0.3 is 5.97 Å². The zero-order valence-electron chi connectivity index (χ0n) is 13.0. The summed E-state index contributed by atoms with van der Waals surface area (Å²) in [5.41, 5.74) is 2.80. The van der Waals surface area contributed by atoms with Crippen molar-refractivity contribution in [2.45, 2.75) is 32.7 Å². The number of carbonyl (C=O) groups excluding carboxylic acids is 1. The summed E-state index contributed by atoms with van der Waals surface area (Å²) in [7, 11) is 1.27. The average Bonchev–Trinajstić information content (AvgIpc) is 2.45. The van der Waals surface area contributed by atoms with Gasteiger partial charge in [0.1, 0.15) is 0 Å². The number of nitro groups is 1. The third-order valence-electron chi connectivity index (χ3n) is 3.82. The van der Waals surface area contributed by atoms with Crippen molar-refractivity contribution in [2.75, 3.05) is 7.11 Å². The number of nitrogens with zero attached hydrogens (tertiary/aromatic N) is 2. The van der Waals surface area contributed by atoms with Crippen LogP contribution in [0, 0.1) is 17.0 Å². The molecule has 0 spiro atoms. The molecule has 1 aromatic rings. The molecule has 1 heterocycles. The number of esters is 1. The monoisotopic (exact) mass is 302 g/mol. The summed E-state index contributed by atoms with van der Waals surface area (Å²) in [5, 5.41) is 11.5. The Bertz CT molecular complexity index is 691. The molecule has 22 heavy (non-hydrogen) atoms. The van der Waals surface area contributed by atoms with Crippen molar-refractivity contribution in [1.82, 2.24) is 0 Å². The van der Waals surface area contributed by atoms with Crippen LogP contribution >= 0.6 is 0 Å². The number of aryl methyl sites for hydroxylation is 1. The van der Waals surface area contributed by atoms with Crippen LogP contribution in [0.2, 0.25) is 0 Å². The van der Waals surface area contributed by atoms with Gasteiger partial charge in [0.15, 0.2) is 0 Å². The summed E-state index contributed by atoms with van der Waals surface area (Å²) in [6.07, 6.45) is 0. The van der Waals surface area contributed by atoms with Gasteiger partial charge in [-0.25, -0.2) is 4.79 Å². The van der Waals surface area contributed by atoms with Crippen LogP contribution in [0.15, 0.2) is 40.5 Å². The van der Waals surface area contributed by atoms with Crippen molar-refractivity contribution >= 4 is 11.7 Å². The molecule has 0 N–H and O–H groups in total. The number of hydrogen-bond acceptors (Lipinski definition) is 5. The summed E-state index contributed by atoms with van der Waals surface area (Å²) >= 11 is 0. The second-order valence-electron chi connectivity index (χ2n) is 5.37. The largest absolute Gasteiger partial charge is 0.466 e. The molecule has 6 nitrogen and oxygen atoms in total. The SMILES string of the molecule is COC(=O)C1=C(C)N=C(C)C([N+](=O)[O-])C1c1cccc(C)c1. The Hall–Kier alpha value is -2.50. The Morgan fingerprint density at radius 2 is 2.00 bits per heavy atom. The minimum atomic E-state index is -1.07. The van der Waals surface area contributed by atoms with E-state index in [-0.39, 0.29) is 10.5 Å². The Kier molecular flexibility index (Phi) is 4.40. The lowest BCUT2D eigenvalue weighted by atomic mass is 9.80. The van der Waals surface area contributed by atoms with E-state index in [1.807, 2.05) is 25.1 Å². The number of aliphatic imine (C=N–C) groups is 1. The molecule has 0 saturated carbocycles. The maximum atomic E-state index is 12.1. The van der Waals surface area contributed by atoms with Gasteiger partial charge in [-0.15, -0.1) is 0 Å². The Morgan fingerprint density at radius 3 is 2.55 bits per heavy atom. The van der Waals surface area contributed by atoms with Crippen LogP contribution in [0.25, 0.3) is 0 Å². The molecular formula is C16H18N2O4. The number of ether oxygens (including phenoxy) is 1. The topological polar surface area (TPSA) is 81.8 Å². The van der Waals surface area contributed by atoms with Gasteiger partial charge in [-0.1, -0.05) is 29.8 Å². The van der Waals surface area contributed by atoms with Crippen molar-refractivity contribution in [3.8, 4) is 0 Å². The lowest BCUT2D eigenvalue weighted by Crippen LogP contribution is -2.39. The van der Waals surface area contributed by atoms with E-state index in [2.05, 4.69) is 4.99 Å². The lowest BCUT2D eigenvalue weighted by Gasteiger charge is -2.27. The van der Waals surface area contributed by atoms with E-state index in [0.717, 1.165) is 11.1 Å². The highest BCUT2D eigenvalue weighted by molar-refractivity contribution is 5.98. The highest BCUT2D eigenvalue weighted by Crippen LogP contribution is 2.37. The predicted molar refractivity (Wildman–Crippen MR) is 82.5 cm³/mol. The Morgan fingerprint density at radius 1 is 1.32 bits per heavy atom. The summed E-state index contributed by atoms with van der Waals surface area (Å²) in [6.45, 7) is 5.20. The minimum absolute atomic E-state index is 0.250. The molecule has 0 radical (unpaired) electrons. The fourth-order valence-corrected chi connectivity index (χ4v) is 2.89. The first-order chi connectivity index (χ1) is 10.4. The van der Waals surface area contributed by atoms with Crippen LogP contribution < -0.4 is 0 Å². The van der Waals surface area contributed by atoms with E-state index in [4.69, 9.17) is 4.74 Å². The molecule has 116 valence electrons. The molecule has 1 aromatic carbocycles. The maximum Gasteiger partial charge on any atom is 0.336 e. The minimum Gasteiger partial charge on any atom is -0.466 e. The summed E-state index contributed by atoms with van der Waals surface area (Å²) < 4.78 is 4.82. The van der Waals surface area contributed by atoms with Crippen LogP contribution in [0.3, 0.4) is 0 Å². The van der Waals surface area contributed by atoms with E-state index in [9.17, 15) is 14.9 Å². The zero-order chi connectivity index (χ0) is 16.4. The first-order valence-corrected chi connectivity index (χ1v) is 6.91. The van der Waals surface area contributed by atoms with E-state index in [1.165, 1.54) is 7.11 Å². The van der Waals surface area contributed by atoms with Gasteiger partial charge in [0.25, 0.3) is 6.04 Å². The highest BCUT2D eigenvalue weighted by atomic mass is 16.6. The molecular weight excluding hydrogens is 284 g/mol. The lowest BCUT2D eigenvalue weighted by molar-refractivity contribution is -0.505. The normalized spacial score (nSPS) is 21.4. The number of allylic oxidation sites excluding steroid dienone is 1. The fourth-order valence-electron chi connectivity index (χ4n) is 2.89. The molecule has 0 aliphatic carbocycles. The quantitative estimate of drug-likeness (QED) is 0.488. The molecule has 0 saturated heterocycles. The van der Waals surface area contributed by atoms with Crippen LogP contribution in [-0.4, -0.2) is 29.8 Å². The van der Waals surface area contributed by atoms with Crippen molar-refractivity contribution in [3.05, 3.63) is 56.8 Å². The Labute approximate surface area is 128 Å². The zero-order valence-corrected chi connectivity index (χ0v) is 13.0. The van der Waals surface area contributed by atoms with Crippen LogP contribution in [0.5, 0.6) is 0 Å². The van der Waals surface area contributed by atoms with E-state index >= 15 is 0 Å². The van der Waals surface area contributed by atoms with E-state index < -0.39 is 17.9 Å². The molecule has 2 unspecified atom stereocenters. The summed E-state index contributed by atoms with van der Waals surface area (Å²) in [6, 6.07) is 6.31. The van der Waals surface area contributed by atoms with Crippen molar-refractivity contribution < 1.29 is 14.5 Å². The maximum absolute atomic E-state index is 12.1. The summed E-state index contributed by atoms with van der Waals surface area (Å²) in [5.74, 6) is -1.27. The molecule has 0 aromatic heterocycles. The van der Waals surface area contributed by atoms with Gasteiger partial charge in [0.2, 0.25) is 0 Å². The van der Waals surface area contributed by atoms with E-state index in [1.54, 1.807) is 19.9 Å². The molecule has 0 fully saturated rings. The van der Waals surface area contributed by atoms with Gasteiger partial charge in [-0.2, -0.15) is 0 Å². The van der Waals surface area contributed by atoms with Crippen molar-refractivity contribution in [1.29, 1.82) is 0 Å². The third-order valence-corrected chi connectivity index (χ3v) is 3.82. The second kappa shape index (κ2) is 6.09. The third kappa shape index (κ3) is 2.77. The first kappa shape index (κ1) is 15.9. The average molecular weight is 302 g/mol. The molecule has 0 bridgehead atoms. The van der Waals surface area contributed by atoms with Gasteiger partial charge < -0.3 is 4.74 Å². The first-order valence-electron chi connectivity index (χ1n) is 6.91. The molecule has 2 rings (SSSR count). The Balaban J connectivity index is 2.68. The molecule has 2 atom stereocenters. The summed E-state index contributed by atoms with van der Waals surface area (Å²) in [4.78, 5) is 27.5. The second-order valence-corrected chi connectivity index (χ2v) is 5.37. The number of methoxy groups -OCH3 is 1. The van der Waals surface area contributed by atoms with E-state index in [0.29, 0.717) is 11.4 Å². The van der Waals surface area contributed by atoms with Crippen LogP contribution in [-0.2, 0) is 9.53 Å². The molecule has 1 aliphatic heterocycles. The number of carbonyl (C=O) groups is 1. The van der Waals surface area contributed by atoms with Gasteiger partial charge in [0.05, 0.1) is 24.3 Å². The number of rotatable bonds is 3. The van der Waals surface area contributed by atoms with Gasteiger partial charge in [0, 0.05) is 10.6 Å².